The Hall–Kier alpha value is -1.07. The summed E-state index contributed by atoms with van der Waals surface area (Å²) >= 11 is 1.75. The predicted molar refractivity (Wildman–Crippen MR) is 56.4 cm³/mol. The molecule has 0 unspecified atom stereocenters. The fourth-order valence-electron chi connectivity index (χ4n) is 1.02. The lowest BCUT2D eigenvalue weighted by Gasteiger charge is -2.03. The maximum Gasteiger partial charge on any atom is 0.404 e. The largest absolute Gasteiger partial charge is 0.448 e. The third-order valence-electron chi connectivity index (χ3n) is 1.65. The smallest absolute Gasteiger partial charge is 0.404 e. The highest BCUT2D eigenvalue weighted by Gasteiger charge is 1.94. The normalized spacial score (nSPS) is 10.0. The first-order valence-corrected chi connectivity index (χ1v) is 5.32. The van der Waals surface area contributed by atoms with Crippen LogP contribution in [-0.4, -0.2) is 25.8 Å². The first-order chi connectivity index (χ1) is 6.79. The van der Waals surface area contributed by atoms with Crippen LogP contribution in [0.25, 0.3) is 0 Å². The molecule has 3 N–H and O–H groups in total. The molecule has 14 heavy (non-hydrogen) atoms. The Morgan fingerprint density at radius 2 is 2.43 bits per heavy atom. The highest BCUT2D eigenvalue weighted by Crippen LogP contribution is 2.07. The van der Waals surface area contributed by atoms with Crippen molar-refractivity contribution >= 4 is 17.4 Å². The summed E-state index contributed by atoms with van der Waals surface area (Å²) in [6, 6.07) is 4.14. The van der Waals surface area contributed by atoms with Crippen molar-refractivity contribution < 1.29 is 9.53 Å². The van der Waals surface area contributed by atoms with Gasteiger partial charge in [0.05, 0.1) is 0 Å². The summed E-state index contributed by atoms with van der Waals surface area (Å²) < 4.78 is 4.56. The molecule has 0 spiro atoms. The summed E-state index contributed by atoms with van der Waals surface area (Å²) in [6.07, 6.45) is 0.291. The molecule has 0 aromatic carbocycles. The number of amides is 1. The van der Waals surface area contributed by atoms with Crippen molar-refractivity contribution in [2.24, 2.45) is 5.73 Å². The van der Waals surface area contributed by atoms with Gasteiger partial charge in [-0.3, -0.25) is 0 Å². The van der Waals surface area contributed by atoms with Gasteiger partial charge in [0.2, 0.25) is 0 Å². The molecule has 0 radical (unpaired) electrons. The van der Waals surface area contributed by atoms with Crippen LogP contribution in [0, 0.1) is 0 Å². The van der Waals surface area contributed by atoms with Gasteiger partial charge in [0.1, 0.15) is 6.61 Å². The molecule has 4 nitrogen and oxygen atoms in total. The van der Waals surface area contributed by atoms with E-state index in [9.17, 15) is 4.79 Å². The quantitative estimate of drug-likeness (QED) is 0.694. The third-order valence-corrected chi connectivity index (χ3v) is 2.59. The van der Waals surface area contributed by atoms with Gasteiger partial charge in [-0.25, -0.2) is 4.79 Å². The average molecular weight is 214 g/mol. The summed E-state index contributed by atoms with van der Waals surface area (Å²) in [4.78, 5) is 11.5. The number of nitrogens with two attached hydrogens (primary N) is 1. The highest BCUT2D eigenvalue weighted by molar-refractivity contribution is 7.09. The lowest BCUT2D eigenvalue weighted by molar-refractivity contribution is 0.157. The van der Waals surface area contributed by atoms with E-state index in [1.807, 2.05) is 6.07 Å². The number of primary amides is 1. The standard InChI is InChI=1S/C9H14N2O2S/c10-9(12)13-6-5-11-4-3-8-2-1-7-14-8/h1-2,7,11H,3-6H2,(H2,10,12). The van der Waals surface area contributed by atoms with Gasteiger partial charge >= 0.3 is 6.09 Å². The van der Waals surface area contributed by atoms with Crippen molar-refractivity contribution in [1.29, 1.82) is 0 Å². The van der Waals surface area contributed by atoms with E-state index in [2.05, 4.69) is 21.5 Å². The van der Waals surface area contributed by atoms with Gasteiger partial charge in [-0.15, -0.1) is 11.3 Å². The zero-order chi connectivity index (χ0) is 10.2. The Morgan fingerprint density at radius 3 is 3.07 bits per heavy atom. The first kappa shape index (κ1) is 11.0. The molecular weight excluding hydrogens is 200 g/mol. The number of hydrogen-bond donors (Lipinski definition) is 2. The Morgan fingerprint density at radius 1 is 1.57 bits per heavy atom. The topological polar surface area (TPSA) is 64.4 Å². The Balaban J connectivity index is 1.92. The van der Waals surface area contributed by atoms with Crippen molar-refractivity contribution in [3.63, 3.8) is 0 Å². The summed E-state index contributed by atoms with van der Waals surface area (Å²) in [6.45, 7) is 1.87. The molecule has 0 aliphatic rings. The Labute approximate surface area is 87.1 Å². The lowest BCUT2D eigenvalue weighted by atomic mass is 10.3. The van der Waals surface area contributed by atoms with E-state index in [0.717, 1.165) is 13.0 Å². The van der Waals surface area contributed by atoms with Gasteiger partial charge in [-0.05, 0) is 17.9 Å². The second kappa shape index (κ2) is 6.39. The van der Waals surface area contributed by atoms with Gasteiger partial charge in [-0.2, -0.15) is 0 Å². The molecule has 0 aliphatic carbocycles. The number of rotatable bonds is 6. The second-order valence-electron chi connectivity index (χ2n) is 2.75. The number of thiophene rings is 1. The molecule has 0 fully saturated rings. The van der Waals surface area contributed by atoms with Gasteiger partial charge in [0.15, 0.2) is 0 Å². The molecule has 0 bridgehead atoms. The average Bonchev–Trinajstić information content (AvgIpc) is 2.63. The van der Waals surface area contributed by atoms with Gasteiger partial charge in [0.25, 0.3) is 0 Å². The number of hydrogen-bond acceptors (Lipinski definition) is 4. The predicted octanol–water partition coefficient (Wildman–Crippen LogP) is 0.976. The van der Waals surface area contributed by atoms with Gasteiger partial charge in [-0.1, -0.05) is 6.07 Å². The zero-order valence-corrected chi connectivity index (χ0v) is 8.68. The van der Waals surface area contributed by atoms with E-state index >= 15 is 0 Å². The molecule has 1 rings (SSSR count). The van der Waals surface area contributed by atoms with Crippen LogP contribution in [0.2, 0.25) is 0 Å². The van der Waals surface area contributed by atoms with Crippen molar-refractivity contribution in [2.45, 2.75) is 6.42 Å². The van der Waals surface area contributed by atoms with E-state index in [4.69, 9.17) is 5.73 Å². The van der Waals surface area contributed by atoms with Crippen LogP contribution in [0.1, 0.15) is 4.88 Å². The van der Waals surface area contributed by atoms with Crippen molar-refractivity contribution in [3.05, 3.63) is 22.4 Å². The molecule has 78 valence electrons. The van der Waals surface area contributed by atoms with Crippen LogP contribution >= 0.6 is 11.3 Å². The van der Waals surface area contributed by atoms with E-state index in [1.165, 1.54) is 4.88 Å². The first-order valence-electron chi connectivity index (χ1n) is 4.44. The van der Waals surface area contributed by atoms with Gasteiger partial charge in [0, 0.05) is 18.0 Å². The minimum Gasteiger partial charge on any atom is -0.448 e. The highest BCUT2D eigenvalue weighted by atomic mass is 32.1. The fourth-order valence-corrected chi connectivity index (χ4v) is 1.72. The minimum atomic E-state index is -0.718. The number of ether oxygens (including phenoxy) is 1. The molecule has 1 aromatic rings. The number of carbonyl (C=O) groups is 1. The van der Waals surface area contributed by atoms with Crippen molar-refractivity contribution in [2.75, 3.05) is 19.7 Å². The lowest BCUT2D eigenvalue weighted by Crippen LogP contribution is -2.25. The van der Waals surface area contributed by atoms with Crippen LogP contribution in [0.5, 0.6) is 0 Å². The van der Waals surface area contributed by atoms with Crippen molar-refractivity contribution in [3.8, 4) is 0 Å². The Bertz CT molecular complexity index is 262. The van der Waals surface area contributed by atoms with Crippen LogP contribution < -0.4 is 11.1 Å². The fraction of sp³-hybridized carbons (Fsp3) is 0.444. The molecular formula is C9H14N2O2S. The summed E-state index contributed by atoms with van der Waals surface area (Å²) in [7, 11) is 0. The zero-order valence-electron chi connectivity index (χ0n) is 7.86. The minimum absolute atomic E-state index is 0.333. The molecule has 0 saturated carbocycles. The number of nitrogens with one attached hydrogen (secondary N) is 1. The third kappa shape index (κ3) is 4.84. The SMILES string of the molecule is NC(=O)OCCNCCc1cccs1. The van der Waals surface area contributed by atoms with E-state index in [-0.39, 0.29) is 0 Å². The monoisotopic (exact) mass is 214 g/mol. The van der Waals surface area contributed by atoms with E-state index in [1.54, 1.807) is 11.3 Å². The number of carbonyl (C=O) groups excluding carboxylic acids is 1. The maximum absolute atomic E-state index is 10.2. The molecule has 1 heterocycles. The van der Waals surface area contributed by atoms with E-state index < -0.39 is 6.09 Å². The van der Waals surface area contributed by atoms with Gasteiger partial charge < -0.3 is 15.8 Å². The summed E-state index contributed by atoms with van der Waals surface area (Å²) in [5.41, 5.74) is 4.80. The van der Waals surface area contributed by atoms with Crippen LogP contribution in [-0.2, 0) is 11.2 Å². The van der Waals surface area contributed by atoms with Crippen LogP contribution in [0.3, 0.4) is 0 Å². The molecule has 0 aliphatic heterocycles. The summed E-state index contributed by atoms with van der Waals surface area (Å²) in [5, 5.41) is 5.21. The summed E-state index contributed by atoms with van der Waals surface area (Å²) in [5.74, 6) is 0. The molecule has 1 amide bonds. The molecule has 0 saturated heterocycles. The molecule has 1 aromatic heterocycles. The second-order valence-corrected chi connectivity index (χ2v) is 3.78. The van der Waals surface area contributed by atoms with Crippen LogP contribution in [0.4, 0.5) is 4.79 Å². The maximum atomic E-state index is 10.2. The molecule has 5 heteroatoms. The Kier molecular flexibility index (Phi) is 5.03. The van der Waals surface area contributed by atoms with Crippen LogP contribution in [0.15, 0.2) is 17.5 Å². The molecule has 0 atom stereocenters. The van der Waals surface area contributed by atoms with E-state index in [0.29, 0.717) is 13.2 Å². The van der Waals surface area contributed by atoms with Crippen molar-refractivity contribution in [1.82, 2.24) is 5.32 Å².